The van der Waals surface area contributed by atoms with Gasteiger partial charge in [0.1, 0.15) is 11.5 Å². The van der Waals surface area contributed by atoms with E-state index in [-0.39, 0.29) is 5.82 Å². The Morgan fingerprint density at radius 1 is 1.11 bits per heavy atom. The molecule has 0 unspecified atom stereocenters. The average molecular weight is 363 g/mol. The van der Waals surface area contributed by atoms with Gasteiger partial charge in [0.2, 0.25) is 5.95 Å². The lowest BCUT2D eigenvalue weighted by Gasteiger charge is -2.24. The van der Waals surface area contributed by atoms with Crippen molar-refractivity contribution >= 4 is 16.9 Å². The Morgan fingerprint density at radius 3 is 2.78 bits per heavy atom. The zero-order chi connectivity index (χ0) is 18.9. The molecule has 0 saturated carbocycles. The highest BCUT2D eigenvalue weighted by Crippen LogP contribution is 2.24. The normalized spacial score (nSPS) is 11.7. The van der Waals surface area contributed by atoms with Crippen LogP contribution in [0.25, 0.3) is 22.2 Å². The second-order valence-electron chi connectivity index (χ2n) is 6.91. The summed E-state index contributed by atoms with van der Waals surface area (Å²) in [6, 6.07) is 8.84. The molecule has 0 fully saturated rings. The number of rotatable bonds is 5. The summed E-state index contributed by atoms with van der Waals surface area (Å²) < 4.78 is 14.0. The van der Waals surface area contributed by atoms with Crippen LogP contribution in [0, 0.1) is 5.82 Å². The maximum atomic E-state index is 14.0. The van der Waals surface area contributed by atoms with Crippen LogP contribution in [0.4, 0.5) is 10.3 Å². The smallest absolute Gasteiger partial charge is 0.242 e. The van der Waals surface area contributed by atoms with E-state index in [9.17, 15) is 4.39 Å². The van der Waals surface area contributed by atoms with Crippen molar-refractivity contribution in [2.45, 2.75) is 19.3 Å². The minimum atomic E-state index is -0.528. The van der Waals surface area contributed by atoms with Gasteiger partial charge < -0.3 is 5.32 Å². The summed E-state index contributed by atoms with van der Waals surface area (Å²) in [5.41, 5.74) is 2.40. The van der Waals surface area contributed by atoms with Gasteiger partial charge in [0.15, 0.2) is 0 Å². The van der Waals surface area contributed by atoms with Crippen molar-refractivity contribution in [2.75, 3.05) is 11.9 Å². The molecule has 0 amide bonds. The maximum absolute atomic E-state index is 14.0. The molecule has 3 heterocycles. The Morgan fingerprint density at radius 2 is 2.00 bits per heavy atom. The quantitative estimate of drug-likeness (QED) is 0.565. The minimum absolute atomic E-state index is 0.326. The van der Waals surface area contributed by atoms with Gasteiger partial charge in [0.05, 0.1) is 23.6 Å². The van der Waals surface area contributed by atoms with Crippen molar-refractivity contribution < 1.29 is 4.39 Å². The SMILES string of the molecule is CC(C)(CNc1ncc(-c2ccc3[nH]ncc3c2)nn1)c1ncccc1F. The van der Waals surface area contributed by atoms with Gasteiger partial charge in [-0.3, -0.25) is 10.1 Å². The van der Waals surface area contributed by atoms with Gasteiger partial charge in [-0.15, -0.1) is 10.2 Å². The van der Waals surface area contributed by atoms with Crippen LogP contribution in [-0.2, 0) is 5.41 Å². The first kappa shape index (κ1) is 17.0. The van der Waals surface area contributed by atoms with Crippen LogP contribution in [0.3, 0.4) is 0 Å². The predicted octanol–water partition coefficient (Wildman–Crippen LogP) is 3.34. The molecule has 3 aromatic heterocycles. The number of fused-ring (bicyclic) bond motifs is 1. The first-order valence-electron chi connectivity index (χ1n) is 8.51. The van der Waals surface area contributed by atoms with Crippen LogP contribution in [0.5, 0.6) is 0 Å². The van der Waals surface area contributed by atoms with E-state index in [1.54, 1.807) is 24.7 Å². The standard InChI is InChI=1S/C19H18FN7/c1-19(2,17-14(20)4-3-7-21-17)11-23-18-22-10-16(26-27-18)12-5-6-15-13(8-12)9-24-25-15/h3-10H,11H2,1-2H3,(H,24,25)(H,22,23,27). The molecule has 0 aliphatic rings. The monoisotopic (exact) mass is 363 g/mol. The van der Waals surface area contributed by atoms with Crippen molar-refractivity contribution in [1.29, 1.82) is 0 Å². The zero-order valence-electron chi connectivity index (χ0n) is 14.9. The summed E-state index contributed by atoms with van der Waals surface area (Å²) >= 11 is 0. The van der Waals surface area contributed by atoms with Crippen LogP contribution in [0.1, 0.15) is 19.5 Å². The molecule has 0 spiro atoms. The van der Waals surface area contributed by atoms with Gasteiger partial charge in [-0.25, -0.2) is 9.37 Å². The summed E-state index contributed by atoms with van der Waals surface area (Å²) in [5, 5.41) is 19.4. The van der Waals surface area contributed by atoms with E-state index in [0.717, 1.165) is 16.5 Å². The third kappa shape index (κ3) is 3.46. The number of hydrogen-bond donors (Lipinski definition) is 2. The zero-order valence-corrected chi connectivity index (χ0v) is 14.9. The maximum Gasteiger partial charge on any atom is 0.242 e. The lowest BCUT2D eigenvalue weighted by atomic mass is 9.88. The van der Waals surface area contributed by atoms with E-state index >= 15 is 0 Å². The molecule has 4 rings (SSSR count). The van der Waals surface area contributed by atoms with E-state index < -0.39 is 5.41 Å². The highest BCUT2D eigenvalue weighted by molar-refractivity contribution is 5.83. The number of benzene rings is 1. The van der Waals surface area contributed by atoms with Crippen molar-refractivity contribution in [3.63, 3.8) is 0 Å². The number of aromatic nitrogens is 6. The Labute approximate surface area is 155 Å². The summed E-state index contributed by atoms with van der Waals surface area (Å²) in [4.78, 5) is 8.48. The van der Waals surface area contributed by atoms with Gasteiger partial charge >= 0.3 is 0 Å². The Kier molecular flexibility index (Phi) is 4.23. The average Bonchev–Trinajstić information content (AvgIpc) is 3.15. The van der Waals surface area contributed by atoms with Gasteiger partial charge in [-0.05, 0) is 24.3 Å². The van der Waals surface area contributed by atoms with Crippen LogP contribution in [0.2, 0.25) is 0 Å². The number of anilines is 1. The summed E-state index contributed by atoms with van der Waals surface area (Å²) in [7, 11) is 0. The topological polar surface area (TPSA) is 92.3 Å². The summed E-state index contributed by atoms with van der Waals surface area (Å²) in [6.07, 6.45) is 5.00. The summed E-state index contributed by atoms with van der Waals surface area (Å²) in [5.74, 6) is 0.0564. The molecule has 0 aliphatic heterocycles. The third-order valence-electron chi connectivity index (χ3n) is 4.39. The molecular weight excluding hydrogens is 345 g/mol. The fraction of sp³-hybridized carbons (Fsp3) is 0.211. The van der Waals surface area contributed by atoms with Gasteiger partial charge in [0.25, 0.3) is 0 Å². The van der Waals surface area contributed by atoms with Crippen LogP contribution >= 0.6 is 0 Å². The molecule has 7 nitrogen and oxygen atoms in total. The molecule has 2 N–H and O–H groups in total. The first-order valence-corrected chi connectivity index (χ1v) is 8.51. The highest BCUT2D eigenvalue weighted by atomic mass is 19.1. The fourth-order valence-corrected chi connectivity index (χ4v) is 2.86. The predicted molar refractivity (Wildman–Crippen MR) is 101 cm³/mol. The molecule has 27 heavy (non-hydrogen) atoms. The number of hydrogen-bond acceptors (Lipinski definition) is 6. The molecule has 1 aromatic carbocycles. The second-order valence-corrected chi connectivity index (χ2v) is 6.91. The minimum Gasteiger partial charge on any atom is -0.352 e. The number of nitrogens with zero attached hydrogens (tertiary/aromatic N) is 5. The molecule has 0 aliphatic carbocycles. The number of nitrogens with one attached hydrogen (secondary N) is 2. The Hall–Kier alpha value is -3.42. The van der Waals surface area contributed by atoms with Crippen LogP contribution < -0.4 is 5.32 Å². The van der Waals surface area contributed by atoms with Crippen LogP contribution in [-0.4, -0.2) is 36.9 Å². The third-order valence-corrected chi connectivity index (χ3v) is 4.39. The Balaban J connectivity index is 1.48. The summed E-state index contributed by atoms with van der Waals surface area (Å²) in [6.45, 7) is 4.24. The molecule has 136 valence electrons. The van der Waals surface area contributed by atoms with E-state index in [1.807, 2.05) is 32.0 Å². The number of halogens is 1. The largest absolute Gasteiger partial charge is 0.352 e. The lowest BCUT2D eigenvalue weighted by Crippen LogP contribution is -2.30. The molecule has 0 atom stereocenters. The highest BCUT2D eigenvalue weighted by Gasteiger charge is 2.25. The molecule has 4 aromatic rings. The molecular formula is C19H18FN7. The van der Waals surface area contributed by atoms with Gasteiger partial charge in [0, 0.05) is 29.1 Å². The van der Waals surface area contributed by atoms with E-state index in [0.29, 0.717) is 23.9 Å². The first-order chi connectivity index (χ1) is 13.0. The number of pyridine rings is 1. The van der Waals surface area contributed by atoms with Crippen molar-refractivity contribution in [3.8, 4) is 11.3 Å². The second kappa shape index (κ2) is 6.71. The van der Waals surface area contributed by atoms with E-state index in [4.69, 9.17) is 0 Å². The van der Waals surface area contributed by atoms with E-state index in [1.165, 1.54) is 6.07 Å². The molecule has 8 heteroatoms. The Bertz CT molecular complexity index is 1070. The molecule has 0 saturated heterocycles. The van der Waals surface area contributed by atoms with Gasteiger partial charge in [-0.1, -0.05) is 19.9 Å². The van der Waals surface area contributed by atoms with E-state index in [2.05, 4.69) is 35.7 Å². The fourth-order valence-electron chi connectivity index (χ4n) is 2.86. The number of aromatic amines is 1. The van der Waals surface area contributed by atoms with Crippen LogP contribution in [0.15, 0.2) is 48.9 Å². The van der Waals surface area contributed by atoms with Crippen molar-refractivity contribution in [3.05, 3.63) is 60.4 Å². The van der Waals surface area contributed by atoms with Crippen molar-refractivity contribution in [2.24, 2.45) is 0 Å². The molecule has 0 radical (unpaired) electrons. The number of H-pyrrole nitrogens is 1. The lowest BCUT2D eigenvalue weighted by molar-refractivity contribution is 0.484. The van der Waals surface area contributed by atoms with Gasteiger partial charge in [-0.2, -0.15) is 5.10 Å². The molecule has 0 bridgehead atoms. The van der Waals surface area contributed by atoms with Crippen molar-refractivity contribution in [1.82, 2.24) is 30.4 Å².